The lowest BCUT2D eigenvalue weighted by molar-refractivity contribution is -0.116. The Labute approximate surface area is 177 Å². The smallest absolute Gasteiger partial charge is 0.250 e. The van der Waals surface area contributed by atoms with Crippen LogP contribution in [-0.4, -0.2) is 33.4 Å². The maximum Gasteiger partial charge on any atom is 0.250 e. The summed E-state index contributed by atoms with van der Waals surface area (Å²) < 4.78 is 6.96. The van der Waals surface area contributed by atoms with Crippen LogP contribution < -0.4 is 10.1 Å². The van der Waals surface area contributed by atoms with Gasteiger partial charge in [0.2, 0.25) is 16.8 Å². The predicted molar refractivity (Wildman–Crippen MR) is 116 cm³/mol. The second-order valence-corrected chi connectivity index (χ2v) is 7.63. The van der Waals surface area contributed by atoms with E-state index in [2.05, 4.69) is 15.4 Å². The third-order valence-corrected chi connectivity index (χ3v) is 5.45. The number of benzene rings is 2. The molecule has 2 aromatic carbocycles. The fourth-order valence-electron chi connectivity index (χ4n) is 3.13. The molecule has 2 aromatic heterocycles. The van der Waals surface area contributed by atoms with Crippen molar-refractivity contribution in [1.82, 2.24) is 14.6 Å². The lowest BCUT2D eigenvalue weighted by Gasteiger charge is -2.08. The minimum absolute atomic E-state index is 0.0360. The molecular weight excluding hydrogens is 400 g/mol. The highest BCUT2D eigenvalue weighted by molar-refractivity contribution is 7.15. The molecule has 1 amide bonds. The standard InChI is InChI=1S/C22H20N4O3S/c1-14-8-10-19(29-2)16(12-14)18(27)9-11-20(28)23-21-24-22-26(25-21)17(13-30-22)15-6-4-3-5-7-15/h3-8,10,12-13H,9,11H2,1-2H3,(H,23,25,28). The fourth-order valence-corrected chi connectivity index (χ4v) is 3.96. The number of fused-ring (bicyclic) bond motifs is 1. The van der Waals surface area contributed by atoms with Crippen molar-refractivity contribution < 1.29 is 14.3 Å². The molecule has 0 aliphatic heterocycles. The second kappa shape index (κ2) is 8.46. The molecule has 8 heteroatoms. The number of rotatable bonds is 7. The summed E-state index contributed by atoms with van der Waals surface area (Å²) in [5.74, 6) is 0.283. The van der Waals surface area contributed by atoms with E-state index in [0.29, 0.717) is 16.3 Å². The summed E-state index contributed by atoms with van der Waals surface area (Å²) in [4.78, 5) is 29.9. The number of ether oxygens (including phenoxy) is 1. The van der Waals surface area contributed by atoms with Crippen molar-refractivity contribution in [3.05, 3.63) is 65.0 Å². The SMILES string of the molecule is COc1ccc(C)cc1C(=O)CCC(=O)Nc1nc2scc(-c3ccccc3)n2n1. The van der Waals surface area contributed by atoms with Crippen LogP contribution in [0.5, 0.6) is 5.75 Å². The van der Waals surface area contributed by atoms with Gasteiger partial charge in [0.1, 0.15) is 5.75 Å². The quantitative estimate of drug-likeness (QED) is 0.449. The number of anilines is 1. The number of methoxy groups -OCH3 is 1. The lowest BCUT2D eigenvalue weighted by Crippen LogP contribution is -2.15. The number of aryl methyl sites for hydroxylation is 1. The van der Waals surface area contributed by atoms with Crippen molar-refractivity contribution in [3.8, 4) is 17.0 Å². The van der Waals surface area contributed by atoms with E-state index >= 15 is 0 Å². The van der Waals surface area contributed by atoms with Gasteiger partial charge in [-0.25, -0.2) is 4.52 Å². The minimum atomic E-state index is -0.311. The maximum absolute atomic E-state index is 12.5. The zero-order valence-corrected chi connectivity index (χ0v) is 17.4. The van der Waals surface area contributed by atoms with Gasteiger partial charge in [-0.05, 0) is 19.1 Å². The van der Waals surface area contributed by atoms with Crippen molar-refractivity contribution in [2.24, 2.45) is 0 Å². The topological polar surface area (TPSA) is 85.6 Å². The molecule has 4 aromatic rings. The first-order valence-electron chi connectivity index (χ1n) is 9.42. The predicted octanol–water partition coefficient (Wildman–Crippen LogP) is 4.38. The number of ketones is 1. The van der Waals surface area contributed by atoms with E-state index < -0.39 is 0 Å². The molecule has 1 N–H and O–H groups in total. The van der Waals surface area contributed by atoms with E-state index in [0.717, 1.165) is 16.8 Å². The summed E-state index contributed by atoms with van der Waals surface area (Å²) in [6.07, 6.45) is 0.109. The Morgan fingerprint density at radius 3 is 2.70 bits per heavy atom. The third kappa shape index (κ3) is 4.08. The van der Waals surface area contributed by atoms with E-state index in [1.54, 1.807) is 16.6 Å². The average Bonchev–Trinajstić information content (AvgIpc) is 3.32. The molecule has 0 aliphatic rings. The van der Waals surface area contributed by atoms with Crippen LogP contribution in [0.4, 0.5) is 5.95 Å². The van der Waals surface area contributed by atoms with Gasteiger partial charge in [-0.15, -0.1) is 16.4 Å². The van der Waals surface area contributed by atoms with Gasteiger partial charge in [-0.2, -0.15) is 4.98 Å². The van der Waals surface area contributed by atoms with Crippen LogP contribution in [0, 0.1) is 6.92 Å². The van der Waals surface area contributed by atoms with E-state index in [-0.39, 0.29) is 30.5 Å². The van der Waals surface area contributed by atoms with Crippen LogP contribution in [0.3, 0.4) is 0 Å². The Hall–Kier alpha value is -3.52. The van der Waals surface area contributed by atoms with Crippen LogP contribution >= 0.6 is 11.3 Å². The fraction of sp³-hybridized carbons (Fsp3) is 0.182. The van der Waals surface area contributed by atoms with Crippen LogP contribution in [-0.2, 0) is 4.79 Å². The van der Waals surface area contributed by atoms with Gasteiger partial charge in [-0.3, -0.25) is 14.9 Å². The molecule has 0 fully saturated rings. The largest absolute Gasteiger partial charge is 0.496 e. The minimum Gasteiger partial charge on any atom is -0.496 e. The third-order valence-electron chi connectivity index (χ3n) is 4.64. The second-order valence-electron chi connectivity index (χ2n) is 6.79. The maximum atomic E-state index is 12.5. The number of hydrogen-bond donors (Lipinski definition) is 1. The molecule has 0 spiro atoms. The highest BCUT2D eigenvalue weighted by atomic mass is 32.1. The molecule has 0 unspecified atom stereocenters. The van der Waals surface area contributed by atoms with Gasteiger partial charge in [0.15, 0.2) is 5.78 Å². The van der Waals surface area contributed by atoms with Gasteiger partial charge < -0.3 is 4.74 Å². The zero-order valence-electron chi connectivity index (χ0n) is 16.6. The van der Waals surface area contributed by atoms with Gasteiger partial charge in [-0.1, -0.05) is 42.0 Å². The first kappa shape index (κ1) is 19.8. The lowest BCUT2D eigenvalue weighted by atomic mass is 10.0. The van der Waals surface area contributed by atoms with Crippen LogP contribution in [0.2, 0.25) is 0 Å². The molecule has 0 atom stereocenters. The molecule has 0 saturated heterocycles. The highest BCUT2D eigenvalue weighted by Crippen LogP contribution is 2.26. The Morgan fingerprint density at radius 1 is 1.13 bits per heavy atom. The molecule has 2 heterocycles. The molecule has 4 rings (SSSR count). The first-order valence-corrected chi connectivity index (χ1v) is 10.3. The van der Waals surface area contributed by atoms with Crippen LogP contribution in [0.1, 0.15) is 28.8 Å². The molecular formula is C22H20N4O3S. The summed E-state index contributed by atoms with van der Waals surface area (Å²) in [7, 11) is 1.52. The van der Waals surface area contributed by atoms with Crippen molar-refractivity contribution in [3.63, 3.8) is 0 Å². The number of carbonyl (C=O) groups excluding carboxylic acids is 2. The van der Waals surface area contributed by atoms with E-state index in [1.807, 2.05) is 48.7 Å². The summed E-state index contributed by atoms with van der Waals surface area (Å²) in [5, 5.41) is 9.05. The molecule has 30 heavy (non-hydrogen) atoms. The molecule has 0 radical (unpaired) electrons. The number of nitrogens with one attached hydrogen (secondary N) is 1. The molecule has 152 valence electrons. The van der Waals surface area contributed by atoms with Crippen molar-refractivity contribution in [2.75, 3.05) is 12.4 Å². The average molecular weight is 420 g/mol. The van der Waals surface area contributed by atoms with Gasteiger partial charge >= 0.3 is 0 Å². The van der Waals surface area contributed by atoms with Crippen LogP contribution in [0.25, 0.3) is 16.2 Å². The van der Waals surface area contributed by atoms with Crippen LogP contribution in [0.15, 0.2) is 53.9 Å². The first-order chi connectivity index (χ1) is 14.5. The summed E-state index contributed by atoms with van der Waals surface area (Å²) in [6, 6.07) is 15.3. The Balaban J connectivity index is 1.42. The molecule has 7 nitrogen and oxygen atoms in total. The highest BCUT2D eigenvalue weighted by Gasteiger charge is 2.16. The molecule has 0 bridgehead atoms. The molecule has 0 aliphatic carbocycles. The Bertz CT molecular complexity index is 1210. The number of nitrogens with zero attached hydrogens (tertiary/aromatic N) is 3. The summed E-state index contributed by atoms with van der Waals surface area (Å²) >= 11 is 1.45. The Kier molecular flexibility index (Phi) is 5.58. The monoisotopic (exact) mass is 420 g/mol. The number of hydrogen-bond acceptors (Lipinski definition) is 6. The number of amides is 1. The van der Waals surface area contributed by atoms with Crippen molar-refractivity contribution >= 4 is 33.9 Å². The van der Waals surface area contributed by atoms with E-state index in [9.17, 15) is 9.59 Å². The van der Waals surface area contributed by atoms with Gasteiger partial charge in [0.05, 0.1) is 18.4 Å². The van der Waals surface area contributed by atoms with Crippen molar-refractivity contribution in [2.45, 2.75) is 19.8 Å². The van der Waals surface area contributed by atoms with E-state index in [4.69, 9.17) is 4.74 Å². The zero-order chi connectivity index (χ0) is 21.1. The number of thiazole rings is 1. The van der Waals surface area contributed by atoms with Gasteiger partial charge in [0.25, 0.3) is 0 Å². The summed E-state index contributed by atoms with van der Waals surface area (Å²) in [6.45, 7) is 1.91. The molecule has 0 saturated carbocycles. The summed E-state index contributed by atoms with van der Waals surface area (Å²) in [5.41, 5.74) is 3.37. The number of Topliss-reactive ketones (excluding diaryl/α,β-unsaturated/α-hetero) is 1. The van der Waals surface area contributed by atoms with Gasteiger partial charge in [0, 0.05) is 23.8 Å². The number of aromatic nitrogens is 3. The normalized spacial score (nSPS) is 10.9. The van der Waals surface area contributed by atoms with Crippen molar-refractivity contribution in [1.29, 1.82) is 0 Å². The number of carbonyl (C=O) groups is 2. The van der Waals surface area contributed by atoms with E-state index in [1.165, 1.54) is 18.4 Å². The Morgan fingerprint density at radius 2 is 1.93 bits per heavy atom.